The number of nitrogens with one attached hydrogen (secondary N) is 1. The molecule has 140 valence electrons. The Morgan fingerprint density at radius 3 is 2.67 bits per heavy atom. The molecule has 0 atom stereocenters. The maximum Gasteiger partial charge on any atom is 0.258 e. The van der Waals surface area contributed by atoms with Crippen LogP contribution < -0.4 is 14.5 Å². The first-order valence-corrected chi connectivity index (χ1v) is 10.5. The van der Waals surface area contributed by atoms with Gasteiger partial charge in [0.2, 0.25) is 15.9 Å². The Labute approximate surface area is 157 Å². The number of hydrogen-bond donors (Lipinski definition) is 1. The van der Waals surface area contributed by atoms with Crippen molar-refractivity contribution in [2.45, 2.75) is 12.8 Å². The molecule has 0 fully saturated rings. The Morgan fingerprint density at radius 1 is 1.11 bits per heavy atom. The van der Waals surface area contributed by atoms with Crippen molar-refractivity contribution >= 4 is 38.9 Å². The Balaban J connectivity index is 1.71. The van der Waals surface area contributed by atoms with Crippen molar-refractivity contribution in [1.82, 2.24) is 0 Å². The summed E-state index contributed by atoms with van der Waals surface area (Å²) < 4.78 is 25.4. The molecule has 2 aliphatic rings. The summed E-state index contributed by atoms with van der Waals surface area (Å²) in [7, 11) is -3.36. The molecule has 0 unspecified atom stereocenters. The van der Waals surface area contributed by atoms with E-state index < -0.39 is 10.0 Å². The van der Waals surface area contributed by atoms with Crippen LogP contribution in [0.15, 0.2) is 42.5 Å². The topological polar surface area (TPSA) is 86.8 Å². The van der Waals surface area contributed by atoms with Crippen LogP contribution in [0.1, 0.15) is 22.3 Å². The molecule has 2 aromatic carbocycles. The van der Waals surface area contributed by atoms with Crippen LogP contribution in [0.5, 0.6) is 0 Å². The monoisotopic (exact) mass is 385 g/mol. The van der Waals surface area contributed by atoms with E-state index in [-0.39, 0.29) is 18.4 Å². The molecule has 0 spiro atoms. The highest BCUT2D eigenvalue weighted by atomic mass is 32.2. The SMILES string of the molecule is CS(=O)(=O)N1CCCc2cc(C(=O)N3CC(=O)Nc4ccccc43)ccc21. The van der Waals surface area contributed by atoms with Crippen LogP contribution >= 0.6 is 0 Å². The van der Waals surface area contributed by atoms with Crippen LogP contribution in [0.2, 0.25) is 0 Å². The molecule has 1 N–H and O–H groups in total. The van der Waals surface area contributed by atoms with Crippen molar-refractivity contribution in [2.24, 2.45) is 0 Å². The lowest BCUT2D eigenvalue weighted by molar-refractivity contribution is -0.115. The third-order valence-electron chi connectivity index (χ3n) is 4.82. The molecule has 0 saturated heterocycles. The normalized spacial score (nSPS) is 16.4. The predicted molar refractivity (Wildman–Crippen MR) is 104 cm³/mol. The second-order valence-electron chi connectivity index (χ2n) is 6.74. The molecule has 0 bridgehead atoms. The minimum Gasteiger partial charge on any atom is -0.323 e. The van der Waals surface area contributed by atoms with Crippen molar-refractivity contribution in [1.29, 1.82) is 0 Å². The Morgan fingerprint density at radius 2 is 1.89 bits per heavy atom. The third-order valence-corrected chi connectivity index (χ3v) is 6.00. The van der Waals surface area contributed by atoms with Gasteiger partial charge >= 0.3 is 0 Å². The lowest BCUT2D eigenvalue weighted by atomic mass is 10.00. The van der Waals surface area contributed by atoms with Gasteiger partial charge in [0.25, 0.3) is 5.91 Å². The number of rotatable bonds is 2. The second kappa shape index (κ2) is 6.38. The van der Waals surface area contributed by atoms with Crippen molar-refractivity contribution in [3.8, 4) is 0 Å². The largest absolute Gasteiger partial charge is 0.323 e. The molecule has 8 heteroatoms. The van der Waals surface area contributed by atoms with Crippen molar-refractivity contribution in [3.05, 3.63) is 53.6 Å². The van der Waals surface area contributed by atoms with E-state index in [0.717, 1.165) is 5.56 Å². The number of amides is 2. The number of hydrogen-bond acceptors (Lipinski definition) is 4. The predicted octanol–water partition coefficient (Wildman–Crippen LogP) is 2.00. The summed E-state index contributed by atoms with van der Waals surface area (Å²) in [5.74, 6) is -0.528. The van der Waals surface area contributed by atoms with Crippen LogP contribution in [0, 0.1) is 0 Å². The van der Waals surface area contributed by atoms with Gasteiger partial charge in [0.1, 0.15) is 6.54 Å². The van der Waals surface area contributed by atoms with E-state index in [9.17, 15) is 18.0 Å². The van der Waals surface area contributed by atoms with Crippen molar-refractivity contribution in [2.75, 3.05) is 33.9 Å². The summed E-state index contributed by atoms with van der Waals surface area (Å²) in [6.45, 7) is 0.390. The summed E-state index contributed by atoms with van der Waals surface area (Å²) >= 11 is 0. The van der Waals surface area contributed by atoms with Crippen LogP contribution in [0.3, 0.4) is 0 Å². The van der Waals surface area contributed by atoms with Gasteiger partial charge < -0.3 is 5.32 Å². The minimum atomic E-state index is -3.36. The maximum absolute atomic E-state index is 13.1. The summed E-state index contributed by atoms with van der Waals surface area (Å²) in [6, 6.07) is 12.2. The zero-order valence-corrected chi connectivity index (χ0v) is 15.6. The van der Waals surface area contributed by atoms with Gasteiger partial charge in [0.05, 0.1) is 23.3 Å². The molecule has 2 amide bonds. The molecule has 2 heterocycles. The van der Waals surface area contributed by atoms with Crippen LogP contribution in [0.4, 0.5) is 17.1 Å². The zero-order chi connectivity index (χ0) is 19.2. The quantitative estimate of drug-likeness (QED) is 0.857. The highest BCUT2D eigenvalue weighted by Crippen LogP contribution is 2.33. The Hall–Kier alpha value is -2.87. The van der Waals surface area contributed by atoms with Gasteiger partial charge in [0, 0.05) is 12.1 Å². The van der Waals surface area contributed by atoms with Gasteiger partial charge in [0.15, 0.2) is 0 Å². The number of nitrogens with zero attached hydrogens (tertiary/aromatic N) is 2. The lowest BCUT2D eigenvalue weighted by Gasteiger charge is -2.31. The van der Waals surface area contributed by atoms with E-state index in [0.29, 0.717) is 42.0 Å². The summed E-state index contributed by atoms with van der Waals surface area (Å²) in [5.41, 5.74) is 3.14. The molecule has 27 heavy (non-hydrogen) atoms. The number of para-hydroxylation sites is 2. The van der Waals surface area contributed by atoms with Gasteiger partial charge in [-0.2, -0.15) is 0 Å². The van der Waals surface area contributed by atoms with E-state index >= 15 is 0 Å². The molecule has 7 nitrogen and oxygen atoms in total. The van der Waals surface area contributed by atoms with E-state index in [1.54, 1.807) is 36.4 Å². The molecule has 4 rings (SSSR count). The summed E-state index contributed by atoms with van der Waals surface area (Å²) in [5, 5.41) is 2.76. The summed E-state index contributed by atoms with van der Waals surface area (Å²) in [4.78, 5) is 26.5. The fourth-order valence-corrected chi connectivity index (χ4v) is 4.61. The molecule has 0 radical (unpaired) electrons. The van der Waals surface area contributed by atoms with E-state index in [1.165, 1.54) is 15.5 Å². The van der Waals surface area contributed by atoms with Crippen LogP contribution in [0.25, 0.3) is 0 Å². The van der Waals surface area contributed by atoms with Gasteiger partial charge in [-0.25, -0.2) is 8.42 Å². The molecular weight excluding hydrogens is 366 g/mol. The van der Waals surface area contributed by atoms with Gasteiger partial charge in [-0.3, -0.25) is 18.8 Å². The fourth-order valence-electron chi connectivity index (χ4n) is 3.61. The fraction of sp³-hybridized carbons (Fsp3) is 0.263. The lowest BCUT2D eigenvalue weighted by Crippen LogP contribution is -2.42. The number of sulfonamides is 1. The molecular formula is C19H19N3O4S. The Bertz CT molecular complexity index is 1050. The highest BCUT2D eigenvalue weighted by molar-refractivity contribution is 7.92. The molecule has 0 saturated carbocycles. The molecule has 0 aromatic heterocycles. The number of fused-ring (bicyclic) bond motifs is 2. The first-order chi connectivity index (χ1) is 12.8. The smallest absolute Gasteiger partial charge is 0.258 e. The van der Waals surface area contributed by atoms with E-state index in [1.807, 2.05) is 6.07 Å². The third kappa shape index (κ3) is 3.16. The second-order valence-corrected chi connectivity index (χ2v) is 8.65. The molecule has 2 aromatic rings. The first-order valence-electron chi connectivity index (χ1n) is 8.66. The Kier molecular flexibility index (Phi) is 4.15. The molecule has 2 aliphatic heterocycles. The average molecular weight is 385 g/mol. The average Bonchev–Trinajstić information content (AvgIpc) is 2.65. The summed E-state index contributed by atoms with van der Waals surface area (Å²) in [6.07, 6.45) is 2.59. The number of carbonyl (C=O) groups excluding carboxylic acids is 2. The minimum absolute atomic E-state index is 0.0532. The van der Waals surface area contributed by atoms with E-state index in [4.69, 9.17) is 0 Å². The van der Waals surface area contributed by atoms with Gasteiger partial charge in [-0.1, -0.05) is 12.1 Å². The zero-order valence-electron chi connectivity index (χ0n) is 14.8. The number of aryl methyl sites for hydroxylation is 1. The van der Waals surface area contributed by atoms with Crippen molar-refractivity contribution in [3.63, 3.8) is 0 Å². The first kappa shape index (κ1) is 17.5. The molecule has 0 aliphatic carbocycles. The van der Waals surface area contributed by atoms with Crippen LogP contribution in [-0.4, -0.2) is 39.6 Å². The van der Waals surface area contributed by atoms with Gasteiger partial charge in [-0.15, -0.1) is 0 Å². The number of benzene rings is 2. The van der Waals surface area contributed by atoms with Crippen LogP contribution in [-0.2, 0) is 21.2 Å². The maximum atomic E-state index is 13.1. The van der Waals surface area contributed by atoms with Gasteiger partial charge in [-0.05, 0) is 48.7 Å². The standard InChI is InChI=1S/C19H19N3O4S/c1-27(25,26)22-10-4-5-13-11-14(8-9-16(13)22)19(24)21-12-18(23)20-15-6-2-3-7-17(15)21/h2-3,6-9,11H,4-5,10,12H2,1H3,(H,20,23). The number of carbonyl (C=O) groups is 2. The van der Waals surface area contributed by atoms with Crippen molar-refractivity contribution < 1.29 is 18.0 Å². The van der Waals surface area contributed by atoms with E-state index in [2.05, 4.69) is 5.32 Å². The number of anilines is 3. The highest BCUT2D eigenvalue weighted by Gasteiger charge is 2.29.